The Kier molecular flexibility index (Phi) is 6.49. The molecule has 3 saturated heterocycles. The van der Waals surface area contributed by atoms with Crippen molar-refractivity contribution in [1.82, 2.24) is 30.1 Å². The van der Waals surface area contributed by atoms with E-state index in [9.17, 15) is 9.59 Å². The molecule has 3 aliphatic heterocycles. The van der Waals surface area contributed by atoms with Crippen molar-refractivity contribution in [2.24, 2.45) is 23.7 Å². The number of aromatic nitrogens is 3. The quantitative estimate of drug-likeness (QED) is 0.599. The molecule has 2 bridgehead atoms. The number of H-pyrrole nitrogens is 1. The minimum absolute atomic E-state index is 0.0818. The summed E-state index contributed by atoms with van der Waals surface area (Å²) in [6.07, 6.45) is 9.15. The van der Waals surface area contributed by atoms with Crippen LogP contribution in [0.15, 0.2) is 37.1 Å². The molecule has 6 rings (SSSR count). The number of carbonyl (C=O) groups excluding carboxylic acids is 2. The SMILES string of the molecule is CN1CCC(NC(=O)C(c2cccnc2)N(CC2C3CO[C@H]4OCC2C4C3)C(=O)c2c[nH]cn2)CC1. The minimum atomic E-state index is -0.804. The van der Waals surface area contributed by atoms with Crippen molar-refractivity contribution in [2.75, 3.05) is 39.9 Å². The molecule has 2 amide bonds. The molecule has 192 valence electrons. The molecule has 2 N–H and O–H groups in total. The zero-order valence-corrected chi connectivity index (χ0v) is 20.6. The Labute approximate surface area is 210 Å². The number of pyridine rings is 1. The number of imidazole rings is 1. The van der Waals surface area contributed by atoms with E-state index in [1.165, 1.54) is 6.33 Å². The van der Waals surface area contributed by atoms with E-state index in [1.54, 1.807) is 23.5 Å². The van der Waals surface area contributed by atoms with E-state index < -0.39 is 6.04 Å². The third-order valence-electron chi connectivity index (χ3n) is 8.57. The summed E-state index contributed by atoms with van der Waals surface area (Å²) in [7, 11) is 2.10. The number of nitrogens with zero attached hydrogens (tertiary/aromatic N) is 4. The number of ether oxygens (including phenoxy) is 2. The van der Waals surface area contributed by atoms with Crippen LogP contribution in [0.4, 0.5) is 0 Å². The van der Waals surface area contributed by atoms with Gasteiger partial charge in [0, 0.05) is 42.7 Å². The standard InChI is InChI=1S/C26H34N6O4/c1-31-7-4-18(5-8-31)30-24(33)23(16-3-2-6-27-10-16)32(25(34)22-11-28-15-29-22)12-20-17-9-19-21(20)14-36-26(19)35-13-17/h2-3,6,10-11,15,17-21,23,26H,4-5,7-9,12-14H2,1H3,(H,28,29)(H,30,33)/t17?,19?,20?,21?,23?,26-/m0/s1. The Morgan fingerprint density at radius 3 is 2.83 bits per heavy atom. The molecule has 10 nitrogen and oxygen atoms in total. The van der Waals surface area contributed by atoms with E-state index in [0.717, 1.165) is 32.4 Å². The number of aromatic amines is 1. The Morgan fingerprint density at radius 2 is 2.08 bits per heavy atom. The first kappa shape index (κ1) is 23.6. The molecule has 5 unspecified atom stereocenters. The second kappa shape index (κ2) is 9.91. The Hall–Kier alpha value is -2.82. The topological polar surface area (TPSA) is 113 Å². The summed E-state index contributed by atoms with van der Waals surface area (Å²) in [6.45, 7) is 3.59. The molecule has 36 heavy (non-hydrogen) atoms. The fourth-order valence-electron chi connectivity index (χ4n) is 6.62. The van der Waals surface area contributed by atoms with Gasteiger partial charge in [-0.1, -0.05) is 6.07 Å². The second-order valence-electron chi connectivity index (χ2n) is 10.7. The van der Waals surface area contributed by atoms with Crippen molar-refractivity contribution in [3.63, 3.8) is 0 Å². The number of hydrogen-bond donors (Lipinski definition) is 2. The lowest BCUT2D eigenvalue weighted by Crippen LogP contribution is -2.51. The fourth-order valence-corrected chi connectivity index (χ4v) is 6.62. The summed E-state index contributed by atoms with van der Waals surface area (Å²) in [5, 5.41) is 3.26. The molecule has 10 heteroatoms. The van der Waals surface area contributed by atoms with Gasteiger partial charge in [0.2, 0.25) is 5.91 Å². The van der Waals surface area contributed by atoms with Crippen LogP contribution in [0.1, 0.15) is 41.4 Å². The maximum Gasteiger partial charge on any atom is 0.274 e. The van der Waals surface area contributed by atoms with Crippen LogP contribution in [0.5, 0.6) is 0 Å². The van der Waals surface area contributed by atoms with E-state index in [0.29, 0.717) is 48.8 Å². The normalized spacial score (nSPS) is 30.8. The van der Waals surface area contributed by atoms with Gasteiger partial charge in [-0.3, -0.25) is 14.6 Å². The molecular formula is C26H34N6O4. The molecule has 0 radical (unpaired) electrons. The van der Waals surface area contributed by atoms with E-state index in [2.05, 4.69) is 32.2 Å². The van der Waals surface area contributed by atoms with Crippen LogP contribution in [-0.4, -0.2) is 88.8 Å². The predicted octanol–water partition coefficient (Wildman–Crippen LogP) is 1.45. The van der Waals surface area contributed by atoms with E-state index >= 15 is 0 Å². The molecule has 2 aromatic rings. The molecule has 0 spiro atoms. The fraction of sp³-hybridized carbons (Fsp3) is 0.615. The van der Waals surface area contributed by atoms with Gasteiger partial charge in [0.25, 0.3) is 5.91 Å². The number of fused-ring (bicyclic) bond motifs is 1. The maximum absolute atomic E-state index is 13.9. The van der Waals surface area contributed by atoms with Crippen LogP contribution in [0, 0.1) is 23.7 Å². The number of nitrogens with one attached hydrogen (secondary N) is 2. The van der Waals surface area contributed by atoms with Gasteiger partial charge in [0.15, 0.2) is 6.29 Å². The van der Waals surface area contributed by atoms with Crippen LogP contribution in [0.2, 0.25) is 0 Å². The molecule has 6 atom stereocenters. The van der Waals surface area contributed by atoms with Gasteiger partial charge in [-0.25, -0.2) is 4.98 Å². The van der Waals surface area contributed by atoms with Gasteiger partial charge in [0.05, 0.1) is 19.5 Å². The average molecular weight is 495 g/mol. The highest BCUT2D eigenvalue weighted by molar-refractivity contribution is 5.96. The summed E-state index contributed by atoms with van der Waals surface area (Å²) in [5.74, 6) is 0.798. The Bertz CT molecular complexity index is 1060. The van der Waals surface area contributed by atoms with Crippen LogP contribution < -0.4 is 5.32 Å². The van der Waals surface area contributed by atoms with E-state index in [-0.39, 0.29) is 30.1 Å². The zero-order chi connectivity index (χ0) is 24.6. The highest BCUT2D eigenvalue weighted by Crippen LogP contribution is 2.52. The lowest BCUT2D eigenvalue weighted by atomic mass is 9.88. The van der Waals surface area contributed by atoms with Crippen molar-refractivity contribution >= 4 is 11.8 Å². The number of rotatable bonds is 7. The monoisotopic (exact) mass is 494 g/mol. The first-order valence-corrected chi connectivity index (χ1v) is 13.0. The molecule has 1 aliphatic carbocycles. The van der Waals surface area contributed by atoms with Crippen LogP contribution in [0.3, 0.4) is 0 Å². The molecule has 2 aromatic heterocycles. The summed E-state index contributed by atoms with van der Waals surface area (Å²) >= 11 is 0. The second-order valence-corrected chi connectivity index (χ2v) is 10.7. The summed E-state index contributed by atoms with van der Waals surface area (Å²) in [4.78, 5) is 43.3. The summed E-state index contributed by atoms with van der Waals surface area (Å²) in [6, 6.07) is 2.97. The lowest BCUT2D eigenvalue weighted by molar-refractivity contribution is -0.165. The van der Waals surface area contributed by atoms with Crippen molar-refractivity contribution in [3.05, 3.63) is 48.3 Å². The number of amides is 2. The Morgan fingerprint density at radius 1 is 1.25 bits per heavy atom. The first-order chi connectivity index (χ1) is 17.6. The first-order valence-electron chi connectivity index (χ1n) is 13.0. The molecule has 4 aliphatic rings. The summed E-state index contributed by atoms with van der Waals surface area (Å²) < 4.78 is 11.9. The van der Waals surface area contributed by atoms with Crippen molar-refractivity contribution in [1.29, 1.82) is 0 Å². The smallest absolute Gasteiger partial charge is 0.274 e. The van der Waals surface area contributed by atoms with E-state index in [4.69, 9.17) is 9.47 Å². The third kappa shape index (κ3) is 4.42. The summed E-state index contributed by atoms with van der Waals surface area (Å²) in [5.41, 5.74) is 0.998. The number of hydrogen-bond acceptors (Lipinski definition) is 7. The molecule has 5 heterocycles. The van der Waals surface area contributed by atoms with E-state index in [1.807, 2.05) is 12.1 Å². The van der Waals surface area contributed by atoms with Crippen molar-refractivity contribution in [3.8, 4) is 0 Å². The zero-order valence-electron chi connectivity index (χ0n) is 20.6. The van der Waals surface area contributed by atoms with Gasteiger partial charge in [-0.05, 0) is 63.2 Å². The van der Waals surface area contributed by atoms with Crippen LogP contribution >= 0.6 is 0 Å². The van der Waals surface area contributed by atoms with Crippen LogP contribution in [0.25, 0.3) is 0 Å². The minimum Gasteiger partial charge on any atom is -0.352 e. The number of carbonyl (C=O) groups is 2. The van der Waals surface area contributed by atoms with Gasteiger partial charge < -0.3 is 29.6 Å². The van der Waals surface area contributed by atoms with Gasteiger partial charge in [0.1, 0.15) is 11.7 Å². The Balaban J connectivity index is 1.32. The molecular weight excluding hydrogens is 460 g/mol. The van der Waals surface area contributed by atoms with Crippen LogP contribution in [-0.2, 0) is 14.3 Å². The van der Waals surface area contributed by atoms with Gasteiger partial charge >= 0.3 is 0 Å². The highest BCUT2D eigenvalue weighted by Gasteiger charge is 2.55. The average Bonchev–Trinajstić information content (AvgIpc) is 3.62. The predicted molar refractivity (Wildman–Crippen MR) is 130 cm³/mol. The molecule has 0 aromatic carbocycles. The molecule has 4 fully saturated rings. The number of piperidine rings is 1. The number of likely N-dealkylation sites (tertiary alicyclic amines) is 1. The van der Waals surface area contributed by atoms with Crippen molar-refractivity contribution in [2.45, 2.75) is 37.6 Å². The van der Waals surface area contributed by atoms with Crippen molar-refractivity contribution < 1.29 is 19.1 Å². The van der Waals surface area contributed by atoms with Gasteiger partial charge in [-0.2, -0.15) is 0 Å². The highest BCUT2D eigenvalue weighted by atomic mass is 16.7. The molecule has 1 saturated carbocycles. The third-order valence-corrected chi connectivity index (χ3v) is 8.57. The lowest BCUT2D eigenvalue weighted by Gasteiger charge is -2.37. The largest absolute Gasteiger partial charge is 0.352 e. The maximum atomic E-state index is 13.9. The van der Waals surface area contributed by atoms with Gasteiger partial charge in [-0.15, -0.1) is 0 Å².